The zero-order chi connectivity index (χ0) is 21.8. The monoisotopic (exact) mass is 408 g/mol. The number of carbonyl (C=O) groups is 2. The van der Waals surface area contributed by atoms with Crippen molar-refractivity contribution < 1.29 is 14.0 Å². The van der Waals surface area contributed by atoms with E-state index in [2.05, 4.69) is 10.4 Å². The minimum Gasteiger partial charge on any atom is -0.331 e. The fraction of sp³-hybridized carbons (Fsp3) is 0.182. The van der Waals surface area contributed by atoms with Crippen molar-refractivity contribution in [1.82, 2.24) is 14.7 Å². The summed E-state index contributed by atoms with van der Waals surface area (Å²) in [6.07, 6.45) is 0. The number of aromatic nitrogens is 2. The number of amides is 2. The Labute approximate surface area is 172 Å². The van der Waals surface area contributed by atoms with E-state index in [-0.39, 0.29) is 12.2 Å². The molecular formula is C22H21FN4O3. The topological polar surface area (TPSA) is 84.3 Å². The molecule has 0 spiro atoms. The van der Waals surface area contributed by atoms with E-state index >= 15 is 0 Å². The minimum atomic E-state index is -0.732. The smallest absolute Gasteiger partial charge is 0.278 e. The van der Waals surface area contributed by atoms with Crippen molar-refractivity contribution in [2.45, 2.75) is 13.8 Å². The van der Waals surface area contributed by atoms with Gasteiger partial charge < -0.3 is 10.2 Å². The predicted octanol–water partition coefficient (Wildman–Crippen LogP) is 2.70. The highest BCUT2D eigenvalue weighted by Crippen LogP contribution is 2.13. The molecule has 0 saturated heterocycles. The fourth-order valence-corrected chi connectivity index (χ4v) is 2.87. The first kappa shape index (κ1) is 20.9. The Balaban J connectivity index is 1.81. The maximum absolute atomic E-state index is 14.2. The SMILES string of the molecule is Cc1ccc(NC(=O)CN(C)C(=O)c2nn(-c3ccccc3F)c(C)cc2=O)cc1. The lowest BCUT2D eigenvalue weighted by atomic mass is 10.2. The molecule has 154 valence electrons. The van der Waals surface area contributed by atoms with Gasteiger partial charge in [-0.05, 0) is 38.1 Å². The molecule has 7 nitrogen and oxygen atoms in total. The Morgan fingerprint density at radius 2 is 1.77 bits per heavy atom. The summed E-state index contributed by atoms with van der Waals surface area (Å²) in [6, 6.07) is 14.3. The van der Waals surface area contributed by atoms with Crippen molar-refractivity contribution in [2.24, 2.45) is 0 Å². The molecule has 0 radical (unpaired) electrons. The predicted molar refractivity (Wildman–Crippen MR) is 111 cm³/mol. The van der Waals surface area contributed by atoms with Crippen molar-refractivity contribution in [3.8, 4) is 5.69 Å². The van der Waals surface area contributed by atoms with Crippen LogP contribution in [0, 0.1) is 19.7 Å². The molecular weight excluding hydrogens is 387 g/mol. The van der Waals surface area contributed by atoms with E-state index in [9.17, 15) is 18.8 Å². The van der Waals surface area contributed by atoms with Gasteiger partial charge in [0.15, 0.2) is 5.69 Å². The van der Waals surface area contributed by atoms with Crippen molar-refractivity contribution in [3.63, 3.8) is 0 Å². The summed E-state index contributed by atoms with van der Waals surface area (Å²) in [5.41, 5.74) is 1.15. The second kappa shape index (κ2) is 8.69. The summed E-state index contributed by atoms with van der Waals surface area (Å²) >= 11 is 0. The maximum Gasteiger partial charge on any atom is 0.278 e. The molecule has 3 rings (SSSR count). The summed E-state index contributed by atoms with van der Waals surface area (Å²) in [5, 5.41) is 6.75. The lowest BCUT2D eigenvalue weighted by Crippen LogP contribution is -2.38. The molecule has 0 saturated carbocycles. The number of anilines is 1. The van der Waals surface area contributed by atoms with Gasteiger partial charge in [-0.1, -0.05) is 29.8 Å². The molecule has 2 aromatic carbocycles. The molecule has 0 fully saturated rings. The first-order valence-electron chi connectivity index (χ1n) is 9.24. The Kier molecular flexibility index (Phi) is 6.06. The van der Waals surface area contributed by atoms with Gasteiger partial charge in [-0.3, -0.25) is 14.4 Å². The highest BCUT2D eigenvalue weighted by Gasteiger charge is 2.21. The Morgan fingerprint density at radius 3 is 2.43 bits per heavy atom. The van der Waals surface area contributed by atoms with E-state index in [1.807, 2.05) is 19.1 Å². The molecule has 0 aliphatic carbocycles. The molecule has 30 heavy (non-hydrogen) atoms. The number of carbonyl (C=O) groups excluding carboxylic acids is 2. The number of hydrogen-bond donors (Lipinski definition) is 1. The first-order chi connectivity index (χ1) is 14.3. The van der Waals surface area contributed by atoms with E-state index < -0.39 is 28.8 Å². The van der Waals surface area contributed by atoms with Gasteiger partial charge in [0, 0.05) is 24.5 Å². The third kappa shape index (κ3) is 4.60. The average Bonchev–Trinajstić information content (AvgIpc) is 2.70. The standard InChI is InChI=1S/C22H21FN4O3/c1-14-8-10-16(11-9-14)24-20(29)13-26(3)22(30)21-19(28)12-15(2)27(25-21)18-7-5-4-6-17(18)23/h4-12H,13H2,1-3H3,(H,24,29). The second-order valence-electron chi connectivity index (χ2n) is 6.94. The van der Waals surface area contributed by atoms with Crippen molar-refractivity contribution in [1.29, 1.82) is 0 Å². The van der Waals surface area contributed by atoms with Crippen LogP contribution in [0.1, 0.15) is 21.7 Å². The average molecular weight is 408 g/mol. The highest BCUT2D eigenvalue weighted by molar-refractivity contribution is 5.98. The summed E-state index contributed by atoms with van der Waals surface area (Å²) in [6.45, 7) is 3.25. The Hall–Kier alpha value is -3.81. The number of aryl methyl sites for hydroxylation is 2. The van der Waals surface area contributed by atoms with E-state index in [1.54, 1.807) is 25.1 Å². The zero-order valence-electron chi connectivity index (χ0n) is 16.8. The number of hydrogen-bond acceptors (Lipinski definition) is 4. The molecule has 8 heteroatoms. The molecule has 0 bridgehead atoms. The van der Waals surface area contributed by atoms with Gasteiger partial charge >= 0.3 is 0 Å². The molecule has 0 atom stereocenters. The van der Waals surface area contributed by atoms with Crippen molar-refractivity contribution in [3.05, 3.63) is 87.6 Å². The van der Waals surface area contributed by atoms with Gasteiger partial charge in [-0.15, -0.1) is 0 Å². The lowest BCUT2D eigenvalue weighted by molar-refractivity contribution is -0.116. The number of nitrogens with zero attached hydrogens (tertiary/aromatic N) is 3. The van der Waals surface area contributed by atoms with Crippen LogP contribution in [-0.2, 0) is 4.79 Å². The highest BCUT2D eigenvalue weighted by atomic mass is 19.1. The van der Waals surface area contributed by atoms with Gasteiger partial charge in [0.25, 0.3) is 5.91 Å². The van der Waals surface area contributed by atoms with Gasteiger partial charge in [0.05, 0.1) is 6.54 Å². The minimum absolute atomic E-state index is 0.115. The summed E-state index contributed by atoms with van der Waals surface area (Å²) in [7, 11) is 1.39. The second-order valence-corrected chi connectivity index (χ2v) is 6.94. The maximum atomic E-state index is 14.2. The summed E-state index contributed by atoms with van der Waals surface area (Å²) in [5.74, 6) is -1.69. The van der Waals surface area contributed by atoms with Crippen LogP contribution in [0.2, 0.25) is 0 Å². The third-order valence-electron chi connectivity index (χ3n) is 4.45. The quantitative estimate of drug-likeness (QED) is 0.704. The number of rotatable bonds is 5. The van der Waals surface area contributed by atoms with E-state index in [1.165, 1.54) is 36.0 Å². The normalized spacial score (nSPS) is 10.5. The zero-order valence-corrected chi connectivity index (χ0v) is 16.8. The van der Waals surface area contributed by atoms with Crippen LogP contribution in [0.15, 0.2) is 59.4 Å². The molecule has 1 heterocycles. The number of nitrogens with one attached hydrogen (secondary N) is 1. The largest absolute Gasteiger partial charge is 0.331 e. The van der Waals surface area contributed by atoms with E-state index in [0.29, 0.717) is 11.4 Å². The van der Waals surface area contributed by atoms with Gasteiger partial charge in [0.1, 0.15) is 11.5 Å². The Morgan fingerprint density at radius 1 is 1.10 bits per heavy atom. The van der Waals surface area contributed by atoms with Crippen LogP contribution in [0.25, 0.3) is 5.69 Å². The van der Waals surface area contributed by atoms with E-state index in [0.717, 1.165) is 10.5 Å². The van der Waals surface area contributed by atoms with Crippen LogP contribution < -0.4 is 10.7 Å². The molecule has 2 amide bonds. The number of halogens is 1. The first-order valence-corrected chi connectivity index (χ1v) is 9.24. The summed E-state index contributed by atoms with van der Waals surface area (Å²) < 4.78 is 15.4. The molecule has 0 unspecified atom stereocenters. The van der Waals surface area contributed by atoms with Gasteiger partial charge in [-0.25, -0.2) is 9.07 Å². The van der Waals surface area contributed by atoms with Crippen LogP contribution >= 0.6 is 0 Å². The molecule has 1 N–H and O–H groups in total. The van der Waals surface area contributed by atoms with Crippen molar-refractivity contribution in [2.75, 3.05) is 18.9 Å². The van der Waals surface area contributed by atoms with Gasteiger partial charge in [-0.2, -0.15) is 5.10 Å². The molecule has 0 aliphatic rings. The third-order valence-corrected chi connectivity index (χ3v) is 4.45. The Bertz CT molecular complexity index is 1160. The molecule has 3 aromatic rings. The fourth-order valence-electron chi connectivity index (χ4n) is 2.87. The number of para-hydroxylation sites is 1. The van der Waals surface area contributed by atoms with Crippen LogP contribution in [0.3, 0.4) is 0 Å². The van der Waals surface area contributed by atoms with Gasteiger partial charge in [0.2, 0.25) is 11.3 Å². The van der Waals surface area contributed by atoms with Crippen LogP contribution in [-0.4, -0.2) is 40.1 Å². The van der Waals surface area contributed by atoms with Crippen LogP contribution in [0.4, 0.5) is 10.1 Å². The van der Waals surface area contributed by atoms with Crippen molar-refractivity contribution >= 4 is 17.5 Å². The lowest BCUT2D eigenvalue weighted by Gasteiger charge is -2.17. The molecule has 1 aromatic heterocycles. The van der Waals surface area contributed by atoms with Crippen LogP contribution in [0.5, 0.6) is 0 Å². The number of likely N-dealkylation sites (N-methyl/N-ethyl adjacent to an activating group) is 1. The number of benzene rings is 2. The van der Waals surface area contributed by atoms with E-state index in [4.69, 9.17) is 0 Å². The summed E-state index contributed by atoms with van der Waals surface area (Å²) in [4.78, 5) is 38.4. The molecule has 0 aliphatic heterocycles.